The van der Waals surface area contributed by atoms with Gasteiger partial charge in [0.25, 0.3) is 0 Å². The van der Waals surface area contributed by atoms with Crippen molar-refractivity contribution in [1.82, 2.24) is 10.6 Å². The van der Waals surface area contributed by atoms with Gasteiger partial charge in [0.05, 0.1) is 6.26 Å². The Morgan fingerprint density at radius 2 is 2.19 bits per heavy atom. The van der Waals surface area contributed by atoms with Crippen molar-refractivity contribution in [2.75, 3.05) is 13.1 Å². The van der Waals surface area contributed by atoms with Crippen molar-refractivity contribution in [2.45, 2.75) is 32.7 Å². The normalized spacial score (nSPS) is 11.9. The lowest BCUT2D eigenvalue weighted by atomic mass is 10.3. The summed E-state index contributed by atoms with van der Waals surface area (Å²) >= 11 is 1.78. The standard InChI is InChI=1S/C16H23N3OS/c1-13(2)19-16(17-9-7-14-5-3-11-20-14)18-10-8-15-6-4-12-21-15/h3-6,11-13H,7-10H2,1-2H3,(H2,17,18,19). The Morgan fingerprint density at radius 1 is 1.29 bits per heavy atom. The van der Waals surface area contributed by atoms with Crippen LogP contribution in [-0.2, 0) is 12.8 Å². The summed E-state index contributed by atoms with van der Waals surface area (Å²) in [6, 6.07) is 8.50. The number of furan rings is 1. The van der Waals surface area contributed by atoms with Crippen LogP contribution < -0.4 is 10.6 Å². The molecule has 0 aliphatic rings. The fourth-order valence-electron chi connectivity index (χ4n) is 1.92. The molecular formula is C16H23N3OS. The number of rotatable bonds is 7. The first-order chi connectivity index (χ1) is 10.2. The van der Waals surface area contributed by atoms with E-state index in [-0.39, 0.29) is 0 Å². The maximum atomic E-state index is 5.33. The topological polar surface area (TPSA) is 49.6 Å². The van der Waals surface area contributed by atoms with Gasteiger partial charge in [0, 0.05) is 36.9 Å². The summed E-state index contributed by atoms with van der Waals surface area (Å²) in [6.45, 7) is 5.83. The van der Waals surface area contributed by atoms with E-state index in [0.717, 1.165) is 37.7 Å². The molecule has 2 aromatic rings. The molecule has 0 unspecified atom stereocenters. The van der Waals surface area contributed by atoms with Gasteiger partial charge in [-0.3, -0.25) is 4.99 Å². The molecule has 2 heterocycles. The third-order valence-corrected chi connectivity index (χ3v) is 3.81. The molecule has 2 aromatic heterocycles. The summed E-state index contributed by atoms with van der Waals surface area (Å²) in [6.07, 6.45) is 3.55. The zero-order chi connectivity index (χ0) is 14.9. The van der Waals surface area contributed by atoms with Crippen molar-refractivity contribution >= 4 is 17.3 Å². The highest BCUT2D eigenvalue weighted by molar-refractivity contribution is 7.09. The van der Waals surface area contributed by atoms with Gasteiger partial charge in [-0.25, -0.2) is 0 Å². The minimum atomic E-state index is 0.363. The predicted octanol–water partition coefficient (Wildman–Crippen LogP) is 3.07. The fourth-order valence-corrected chi connectivity index (χ4v) is 2.62. The Kier molecular flexibility index (Phi) is 6.34. The van der Waals surface area contributed by atoms with Crippen molar-refractivity contribution < 1.29 is 4.42 Å². The first-order valence-corrected chi connectivity index (χ1v) is 8.21. The molecule has 114 valence electrons. The molecule has 2 rings (SSSR count). The van der Waals surface area contributed by atoms with Gasteiger partial charge in [0.1, 0.15) is 5.76 Å². The summed E-state index contributed by atoms with van der Waals surface area (Å²) in [5, 5.41) is 8.81. The lowest BCUT2D eigenvalue weighted by Gasteiger charge is -2.14. The number of thiophene rings is 1. The van der Waals surface area contributed by atoms with E-state index in [1.54, 1.807) is 17.6 Å². The maximum Gasteiger partial charge on any atom is 0.191 e. The highest BCUT2D eigenvalue weighted by Crippen LogP contribution is 2.08. The molecule has 0 radical (unpaired) electrons. The Hall–Kier alpha value is -1.75. The molecule has 5 heteroatoms. The summed E-state index contributed by atoms with van der Waals surface area (Å²) in [5.74, 6) is 1.86. The Labute approximate surface area is 130 Å². The Bertz CT molecular complexity index is 518. The molecular weight excluding hydrogens is 282 g/mol. The van der Waals surface area contributed by atoms with Gasteiger partial charge in [-0.2, -0.15) is 0 Å². The van der Waals surface area contributed by atoms with E-state index in [1.165, 1.54) is 4.88 Å². The number of hydrogen-bond acceptors (Lipinski definition) is 3. The molecule has 0 bridgehead atoms. The highest BCUT2D eigenvalue weighted by atomic mass is 32.1. The van der Waals surface area contributed by atoms with Crippen LogP contribution in [0.1, 0.15) is 24.5 Å². The van der Waals surface area contributed by atoms with Crippen LogP contribution in [0.3, 0.4) is 0 Å². The van der Waals surface area contributed by atoms with Gasteiger partial charge >= 0.3 is 0 Å². The lowest BCUT2D eigenvalue weighted by Crippen LogP contribution is -2.42. The maximum absolute atomic E-state index is 5.33. The average molecular weight is 305 g/mol. The highest BCUT2D eigenvalue weighted by Gasteiger charge is 2.02. The number of hydrogen-bond donors (Lipinski definition) is 2. The van der Waals surface area contributed by atoms with Crippen LogP contribution >= 0.6 is 11.3 Å². The number of nitrogens with zero attached hydrogens (tertiary/aromatic N) is 1. The monoisotopic (exact) mass is 305 g/mol. The predicted molar refractivity (Wildman–Crippen MR) is 89.0 cm³/mol. The molecule has 0 aliphatic heterocycles. The van der Waals surface area contributed by atoms with E-state index in [9.17, 15) is 0 Å². The molecule has 0 amide bonds. The molecule has 0 saturated carbocycles. The summed E-state index contributed by atoms with van der Waals surface area (Å²) in [4.78, 5) is 6.00. The zero-order valence-electron chi connectivity index (χ0n) is 12.6. The largest absolute Gasteiger partial charge is 0.469 e. The SMILES string of the molecule is CC(C)NC(=NCCc1cccs1)NCCc1ccco1. The smallest absolute Gasteiger partial charge is 0.191 e. The van der Waals surface area contributed by atoms with Crippen molar-refractivity contribution in [3.63, 3.8) is 0 Å². The van der Waals surface area contributed by atoms with Crippen LogP contribution in [0.5, 0.6) is 0 Å². The van der Waals surface area contributed by atoms with Gasteiger partial charge in [0.2, 0.25) is 0 Å². The minimum Gasteiger partial charge on any atom is -0.469 e. The van der Waals surface area contributed by atoms with Gasteiger partial charge < -0.3 is 15.1 Å². The van der Waals surface area contributed by atoms with Gasteiger partial charge in [-0.05, 0) is 37.4 Å². The quantitative estimate of drug-likeness (QED) is 0.610. The molecule has 0 spiro atoms. The zero-order valence-corrected chi connectivity index (χ0v) is 13.5. The average Bonchev–Trinajstić information content (AvgIpc) is 3.10. The van der Waals surface area contributed by atoms with Gasteiger partial charge in [-0.15, -0.1) is 11.3 Å². The van der Waals surface area contributed by atoms with E-state index in [2.05, 4.69) is 47.0 Å². The Morgan fingerprint density at radius 3 is 2.86 bits per heavy atom. The van der Waals surface area contributed by atoms with Crippen molar-refractivity contribution in [1.29, 1.82) is 0 Å². The van der Waals surface area contributed by atoms with Gasteiger partial charge in [-0.1, -0.05) is 6.07 Å². The molecule has 2 N–H and O–H groups in total. The fraction of sp³-hybridized carbons (Fsp3) is 0.438. The van der Waals surface area contributed by atoms with E-state index >= 15 is 0 Å². The second kappa shape index (κ2) is 8.52. The van der Waals surface area contributed by atoms with Crippen molar-refractivity contribution in [3.8, 4) is 0 Å². The van der Waals surface area contributed by atoms with Crippen molar-refractivity contribution in [2.24, 2.45) is 4.99 Å². The lowest BCUT2D eigenvalue weighted by molar-refractivity contribution is 0.506. The first kappa shape index (κ1) is 15.6. The van der Waals surface area contributed by atoms with Crippen LogP contribution in [0.25, 0.3) is 0 Å². The van der Waals surface area contributed by atoms with E-state index in [1.807, 2.05) is 12.1 Å². The molecule has 0 fully saturated rings. The van der Waals surface area contributed by atoms with Crippen molar-refractivity contribution in [3.05, 3.63) is 46.5 Å². The molecule has 0 atom stereocenters. The van der Waals surface area contributed by atoms with E-state index in [4.69, 9.17) is 4.42 Å². The van der Waals surface area contributed by atoms with Crippen LogP contribution in [-0.4, -0.2) is 25.1 Å². The minimum absolute atomic E-state index is 0.363. The third-order valence-electron chi connectivity index (χ3n) is 2.88. The Balaban J connectivity index is 1.78. The second-order valence-corrected chi connectivity index (χ2v) is 6.15. The molecule has 21 heavy (non-hydrogen) atoms. The van der Waals surface area contributed by atoms with Gasteiger partial charge in [0.15, 0.2) is 5.96 Å². The van der Waals surface area contributed by atoms with Crippen LogP contribution in [0, 0.1) is 0 Å². The summed E-state index contributed by atoms with van der Waals surface area (Å²) in [7, 11) is 0. The summed E-state index contributed by atoms with van der Waals surface area (Å²) in [5.41, 5.74) is 0. The molecule has 0 aromatic carbocycles. The van der Waals surface area contributed by atoms with Crippen LogP contribution in [0.15, 0.2) is 45.3 Å². The first-order valence-electron chi connectivity index (χ1n) is 7.33. The van der Waals surface area contributed by atoms with Crippen LogP contribution in [0.4, 0.5) is 0 Å². The molecule has 4 nitrogen and oxygen atoms in total. The molecule has 0 aliphatic carbocycles. The van der Waals surface area contributed by atoms with Crippen LogP contribution in [0.2, 0.25) is 0 Å². The second-order valence-electron chi connectivity index (χ2n) is 5.11. The van der Waals surface area contributed by atoms with E-state index in [0.29, 0.717) is 6.04 Å². The third kappa shape index (κ3) is 6.04. The number of nitrogens with one attached hydrogen (secondary N) is 2. The number of aliphatic imine (C=N–C) groups is 1. The number of guanidine groups is 1. The van der Waals surface area contributed by atoms with E-state index < -0.39 is 0 Å². The summed E-state index contributed by atoms with van der Waals surface area (Å²) < 4.78 is 5.33. The molecule has 0 saturated heterocycles.